The van der Waals surface area contributed by atoms with Crippen molar-refractivity contribution in [3.63, 3.8) is 0 Å². The van der Waals surface area contributed by atoms with E-state index in [-0.39, 0.29) is 22.8 Å². The standard InChI is InChI=1S/C15H7NO9/c17-10-1-3-12(19)24-14-8(22-10)5-7-6-9(14)23-11(18)2-4-13(20)25-15(7)16-21/h1-6,21H/b3-1-,4-2-,16-15+. The summed E-state index contributed by atoms with van der Waals surface area (Å²) in [5, 5.41) is 11.9. The highest BCUT2D eigenvalue weighted by Gasteiger charge is 2.26. The molecule has 1 N–H and O–H groups in total. The molecule has 2 aliphatic rings. The van der Waals surface area contributed by atoms with E-state index in [2.05, 4.69) is 5.16 Å². The van der Waals surface area contributed by atoms with Crippen LogP contribution in [0, 0.1) is 0 Å². The minimum absolute atomic E-state index is 0.0823. The van der Waals surface area contributed by atoms with E-state index in [9.17, 15) is 19.2 Å². The Morgan fingerprint density at radius 1 is 0.680 bits per heavy atom. The van der Waals surface area contributed by atoms with Crippen LogP contribution in [0.4, 0.5) is 0 Å². The Balaban J connectivity index is 2.21. The van der Waals surface area contributed by atoms with Gasteiger partial charge in [0.15, 0.2) is 11.5 Å². The fourth-order valence-corrected chi connectivity index (χ4v) is 1.91. The molecular formula is C15H7NO9. The van der Waals surface area contributed by atoms with E-state index < -0.39 is 29.8 Å². The molecule has 10 heteroatoms. The number of hydrogen-bond donors (Lipinski definition) is 1. The Kier molecular flexibility index (Phi) is 4.00. The maximum atomic E-state index is 11.7. The van der Waals surface area contributed by atoms with Gasteiger partial charge in [0.05, 0.1) is 0 Å². The zero-order valence-electron chi connectivity index (χ0n) is 12.1. The number of rotatable bonds is 0. The molecule has 2 aliphatic heterocycles. The molecule has 1 aromatic rings. The van der Waals surface area contributed by atoms with Crippen LogP contribution in [0.25, 0.3) is 0 Å². The normalized spacial score (nSPS) is 20.9. The minimum Gasteiger partial charge on any atom is -0.419 e. The summed E-state index contributed by atoms with van der Waals surface area (Å²) in [6.07, 6.45) is 3.16. The van der Waals surface area contributed by atoms with Gasteiger partial charge in [-0.1, -0.05) is 0 Å². The number of carbonyl (C=O) groups is 4. The van der Waals surface area contributed by atoms with Crippen molar-refractivity contribution in [1.29, 1.82) is 0 Å². The van der Waals surface area contributed by atoms with Crippen LogP contribution in [0.1, 0.15) is 5.56 Å². The van der Waals surface area contributed by atoms with Crippen LogP contribution in [-0.4, -0.2) is 35.0 Å². The van der Waals surface area contributed by atoms with Crippen LogP contribution >= 0.6 is 0 Å². The van der Waals surface area contributed by atoms with Crippen molar-refractivity contribution in [3.8, 4) is 17.2 Å². The molecule has 0 amide bonds. The molecule has 0 atom stereocenters. The van der Waals surface area contributed by atoms with Crippen LogP contribution in [-0.2, 0) is 23.9 Å². The minimum atomic E-state index is -1.01. The van der Waals surface area contributed by atoms with E-state index in [1.165, 1.54) is 0 Å². The SMILES string of the molecule is O=C1/C=C\C(=O)Oc2cc(cc3c2OC(=O)/C=C\C(=O)O3)/C(=N\O)O1. The molecule has 10 nitrogen and oxygen atoms in total. The fraction of sp³-hybridized carbons (Fsp3) is 0. The van der Waals surface area contributed by atoms with E-state index in [1.54, 1.807) is 0 Å². The van der Waals surface area contributed by atoms with Gasteiger partial charge in [0.25, 0.3) is 5.90 Å². The lowest BCUT2D eigenvalue weighted by molar-refractivity contribution is -0.134. The summed E-state index contributed by atoms with van der Waals surface area (Å²) in [5.74, 6) is -5.35. The summed E-state index contributed by atoms with van der Waals surface area (Å²) in [4.78, 5) is 46.5. The third-order valence-corrected chi connectivity index (χ3v) is 2.89. The molecule has 0 radical (unpaired) electrons. The van der Waals surface area contributed by atoms with Gasteiger partial charge in [-0.15, -0.1) is 0 Å². The number of cyclic esters (lactones) is 1. The van der Waals surface area contributed by atoms with Crippen molar-refractivity contribution in [2.45, 2.75) is 0 Å². The molecule has 0 aliphatic carbocycles. The lowest BCUT2D eigenvalue weighted by atomic mass is 10.1. The number of esters is 4. The molecule has 0 aromatic heterocycles. The third kappa shape index (κ3) is 3.37. The van der Waals surface area contributed by atoms with Gasteiger partial charge in [-0.25, -0.2) is 19.2 Å². The zero-order chi connectivity index (χ0) is 18.0. The Labute approximate surface area is 138 Å². The summed E-state index contributed by atoms with van der Waals surface area (Å²) in [6, 6.07) is 2.20. The molecule has 2 heterocycles. The van der Waals surface area contributed by atoms with Crippen LogP contribution < -0.4 is 14.2 Å². The first kappa shape index (κ1) is 15.9. The van der Waals surface area contributed by atoms with E-state index >= 15 is 0 Å². The van der Waals surface area contributed by atoms with Crippen LogP contribution in [0.5, 0.6) is 17.2 Å². The molecule has 0 saturated heterocycles. The molecule has 2 bridgehead atoms. The van der Waals surface area contributed by atoms with Crippen LogP contribution in [0.2, 0.25) is 0 Å². The number of ether oxygens (including phenoxy) is 4. The van der Waals surface area contributed by atoms with Gasteiger partial charge < -0.3 is 24.2 Å². The number of nitrogens with zero attached hydrogens (tertiary/aromatic N) is 1. The Hall–Kier alpha value is -3.95. The average Bonchev–Trinajstić information content (AvgIpc) is 2.56. The van der Waals surface area contributed by atoms with E-state index in [1.807, 2.05) is 0 Å². The summed E-state index contributed by atoms with van der Waals surface area (Å²) in [6.45, 7) is 0. The number of hydrogen-bond acceptors (Lipinski definition) is 10. The summed E-state index contributed by atoms with van der Waals surface area (Å²) >= 11 is 0. The van der Waals surface area contributed by atoms with Crippen LogP contribution in [0.15, 0.2) is 41.6 Å². The molecule has 25 heavy (non-hydrogen) atoms. The van der Waals surface area contributed by atoms with Crippen molar-refractivity contribution < 1.29 is 43.3 Å². The molecule has 0 fully saturated rings. The smallest absolute Gasteiger partial charge is 0.337 e. The van der Waals surface area contributed by atoms with Gasteiger partial charge in [0.2, 0.25) is 5.75 Å². The zero-order valence-corrected chi connectivity index (χ0v) is 12.1. The Morgan fingerprint density at radius 2 is 1.12 bits per heavy atom. The largest absolute Gasteiger partial charge is 0.419 e. The summed E-state index contributed by atoms with van der Waals surface area (Å²) in [7, 11) is 0. The van der Waals surface area contributed by atoms with Gasteiger partial charge in [-0.2, -0.15) is 0 Å². The topological polar surface area (TPSA) is 138 Å². The van der Waals surface area contributed by atoms with Crippen molar-refractivity contribution in [2.75, 3.05) is 0 Å². The second-order valence-corrected chi connectivity index (χ2v) is 4.56. The maximum Gasteiger partial charge on any atom is 0.337 e. The number of fused-ring (bicyclic) bond motifs is 4. The quantitative estimate of drug-likeness (QED) is 0.303. The van der Waals surface area contributed by atoms with Crippen molar-refractivity contribution >= 4 is 29.8 Å². The van der Waals surface area contributed by atoms with E-state index in [0.717, 1.165) is 36.4 Å². The lowest BCUT2D eigenvalue weighted by Crippen LogP contribution is -2.19. The predicted octanol–water partition coefficient (Wildman–Crippen LogP) is 0.221. The Morgan fingerprint density at radius 3 is 1.60 bits per heavy atom. The molecule has 0 unspecified atom stereocenters. The highest BCUT2D eigenvalue weighted by molar-refractivity contribution is 6.06. The van der Waals surface area contributed by atoms with Crippen molar-refractivity contribution in [1.82, 2.24) is 0 Å². The number of benzene rings is 1. The molecule has 0 spiro atoms. The van der Waals surface area contributed by atoms with Gasteiger partial charge in [-0.05, 0) is 17.3 Å². The second kappa shape index (κ2) is 6.28. The molecular weight excluding hydrogens is 338 g/mol. The first-order valence-corrected chi connectivity index (χ1v) is 6.60. The summed E-state index contributed by atoms with van der Waals surface area (Å²) in [5.41, 5.74) is -0.0823. The van der Waals surface area contributed by atoms with Crippen LogP contribution in [0.3, 0.4) is 0 Å². The highest BCUT2D eigenvalue weighted by atomic mass is 16.6. The predicted molar refractivity (Wildman–Crippen MR) is 76.0 cm³/mol. The van der Waals surface area contributed by atoms with E-state index in [0.29, 0.717) is 0 Å². The third-order valence-electron chi connectivity index (χ3n) is 2.89. The lowest BCUT2D eigenvalue weighted by Gasteiger charge is -2.17. The van der Waals surface area contributed by atoms with E-state index in [4.69, 9.17) is 24.2 Å². The van der Waals surface area contributed by atoms with Gasteiger partial charge in [0.1, 0.15) is 0 Å². The summed E-state index contributed by atoms with van der Waals surface area (Å²) < 4.78 is 19.7. The first-order chi connectivity index (χ1) is 12.0. The highest BCUT2D eigenvalue weighted by Crippen LogP contribution is 2.40. The second-order valence-electron chi connectivity index (χ2n) is 4.56. The van der Waals surface area contributed by atoms with Gasteiger partial charge >= 0.3 is 23.9 Å². The maximum absolute atomic E-state index is 11.7. The number of carbonyl (C=O) groups excluding carboxylic acids is 4. The molecule has 126 valence electrons. The molecule has 1 aromatic carbocycles. The van der Waals surface area contributed by atoms with Crippen molar-refractivity contribution in [2.24, 2.45) is 5.16 Å². The monoisotopic (exact) mass is 345 g/mol. The fourth-order valence-electron chi connectivity index (χ4n) is 1.91. The van der Waals surface area contributed by atoms with Gasteiger partial charge in [0, 0.05) is 29.9 Å². The number of oxime groups is 1. The van der Waals surface area contributed by atoms with Gasteiger partial charge in [-0.3, -0.25) is 0 Å². The van der Waals surface area contributed by atoms with Crippen molar-refractivity contribution in [3.05, 3.63) is 42.0 Å². The first-order valence-electron chi connectivity index (χ1n) is 6.60. The molecule has 3 rings (SSSR count). The Bertz CT molecular complexity index is 895. The average molecular weight is 345 g/mol. The molecule has 0 saturated carbocycles.